The monoisotopic (exact) mass is 373 g/mol. The van der Waals surface area contributed by atoms with E-state index in [1.165, 1.54) is 22.9 Å². The quantitative estimate of drug-likeness (QED) is 0.665. The number of nitrogens with one attached hydrogen (secondary N) is 1. The number of amides is 1. The standard InChI is InChI=1S/C21H27NO3S/c1-6-15-9-8-10-16(7-2)20(15)22-21(23)14(3)26-17-11-12-18(24-4)19(13-17)25-5/h8-14H,6-7H2,1-5H3,(H,22,23). The average Bonchev–Trinajstić information content (AvgIpc) is 2.67. The smallest absolute Gasteiger partial charge is 0.237 e. The van der Waals surface area contributed by atoms with Gasteiger partial charge in [0.2, 0.25) is 5.91 Å². The first-order valence-electron chi connectivity index (χ1n) is 8.84. The van der Waals surface area contributed by atoms with Crippen molar-refractivity contribution in [2.75, 3.05) is 19.5 Å². The van der Waals surface area contributed by atoms with E-state index in [2.05, 4.69) is 37.4 Å². The van der Waals surface area contributed by atoms with Gasteiger partial charge in [0.05, 0.1) is 19.5 Å². The van der Waals surface area contributed by atoms with E-state index in [4.69, 9.17) is 9.47 Å². The SMILES string of the molecule is CCc1cccc(CC)c1NC(=O)C(C)Sc1ccc(OC)c(OC)c1. The van der Waals surface area contributed by atoms with Crippen molar-refractivity contribution in [1.29, 1.82) is 0 Å². The third-order valence-electron chi connectivity index (χ3n) is 4.28. The minimum atomic E-state index is -0.234. The molecule has 1 N–H and O–H groups in total. The summed E-state index contributed by atoms with van der Waals surface area (Å²) < 4.78 is 10.6. The third-order valence-corrected chi connectivity index (χ3v) is 5.38. The maximum atomic E-state index is 12.7. The minimum Gasteiger partial charge on any atom is -0.493 e. The number of hydrogen-bond donors (Lipinski definition) is 1. The summed E-state index contributed by atoms with van der Waals surface area (Å²) in [5.74, 6) is 1.34. The van der Waals surface area contributed by atoms with Gasteiger partial charge in [0.1, 0.15) is 0 Å². The molecule has 0 fully saturated rings. The van der Waals surface area contributed by atoms with Crippen molar-refractivity contribution in [3.8, 4) is 11.5 Å². The summed E-state index contributed by atoms with van der Waals surface area (Å²) in [4.78, 5) is 13.7. The summed E-state index contributed by atoms with van der Waals surface area (Å²) in [5.41, 5.74) is 3.30. The largest absolute Gasteiger partial charge is 0.493 e. The number of ether oxygens (including phenoxy) is 2. The fourth-order valence-electron chi connectivity index (χ4n) is 2.78. The minimum absolute atomic E-state index is 0.000356. The van der Waals surface area contributed by atoms with E-state index in [9.17, 15) is 4.79 Å². The average molecular weight is 374 g/mol. The Balaban J connectivity index is 2.14. The van der Waals surface area contributed by atoms with Gasteiger partial charge >= 0.3 is 0 Å². The molecule has 0 spiro atoms. The zero-order valence-electron chi connectivity index (χ0n) is 16.1. The number of methoxy groups -OCH3 is 2. The Kier molecular flexibility index (Phi) is 7.39. The predicted molar refractivity (Wildman–Crippen MR) is 109 cm³/mol. The number of benzene rings is 2. The molecule has 140 valence electrons. The van der Waals surface area contributed by atoms with E-state index in [1.54, 1.807) is 14.2 Å². The third kappa shape index (κ3) is 4.73. The molecule has 5 heteroatoms. The van der Waals surface area contributed by atoms with Crippen LogP contribution in [0.15, 0.2) is 41.3 Å². The van der Waals surface area contributed by atoms with Gasteiger partial charge in [0.25, 0.3) is 0 Å². The summed E-state index contributed by atoms with van der Waals surface area (Å²) in [5, 5.41) is 2.90. The highest BCUT2D eigenvalue weighted by molar-refractivity contribution is 8.00. The van der Waals surface area contributed by atoms with Gasteiger partial charge in [-0.3, -0.25) is 4.79 Å². The highest BCUT2D eigenvalue weighted by Gasteiger charge is 2.18. The molecular weight excluding hydrogens is 346 g/mol. The second-order valence-corrected chi connectivity index (χ2v) is 7.34. The van der Waals surface area contributed by atoms with Crippen LogP contribution in [-0.4, -0.2) is 25.4 Å². The number of carbonyl (C=O) groups excluding carboxylic acids is 1. The van der Waals surface area contributed by atoms with Crippen molar-refractivity contribution in [2.45, 2.75) is 43.8 Å². The van der Waals surface area contributed by atoms with Crippen molar-refractivity contribution in [3.05, 3.63) is 47.5 Å². The molecule has 1 atom stereocenters. The van der Waals surface area contributed by atoms with Crippen molar-refractivity contribution in [3.63, 3.8) is 0 Å². The Morgan fingerprint density at radius 3 is 2.19 bits per heavy atom. The van der Waals surface area contributed by atoms with Crippen LogP contribution < -0.4 is 14.8 Å². The second-order valence-electron chi connectivity index (χ2n) is 5.92. The molecule has 0 aromatic heterocycles. The maximum absolute atomic E-state index is 12.7. The molecular formula is C21H27NO3S. The number of thioether (sulfide) groups is 1. The molecule has 0 heterocycles. The highest BCUT2D eigenvalue weighted by Crippen LogP contribution is 2.34. The Morgan fingerprint density at radius 1 is 1.04 bits per heavy atom. The Morgan fingerprint density at radius 2 is 1.65 bits per heavy atom. The van der Waals surface area contributed by atoms with Gasteiger partial charge in [-0.15, -0.1) is 11.8 Å². The lowest BCUT2D eigenvalue weighted by Gasteiger charge is -2.17. The van der Waals surface area contributed by atoms with E-state index in [0.29, 0.717) is 11.5 Å². The van der Waals surface area contributed by atoms with Crippen LogP contribution in [0.3, 0.4) is 0 Å². The van der Waals surface area contributed by atoms with Crippen LogP contribution in [0.4, 0.5) is 5.69 Å². The first-order valence-corrected chi connectivity index (χ1v) is 9.72. The Hall–Kier alpha value is -2.14. The summed E-state index contributed by atoms with van der Waals surface area (Å²) in [6, 6.07) is 11.9. The molecule has 2 aromatic rings. The molecule has 26 heavy (non-hydrogen) atoms. The van der Waals surface area contributed by atoms with Gasteiger partial charge in [0.15, 0.2) is 11.5 Å². The molecule has 0 bridgehead atoms. The Labute approximate surface area is 160 Å². The maximum Gasteiger partial charge on any atom is 0.237 e. The summed E-state index contributed by atoms with van der Waals surface area (Å²) in [6.45, 7) is 6.12. The van der Waals surface area contributed by atoms with Gasteiger partial charge in [-0.1, -0.05) is 32.0 Å². The molecule has 2 aromatic carbocycles. The van der Waals surface area contributed by atoms with Gasteiger partial charge in [-0.2, -0.15) is 0 Å². The van der Waals surface area contributed by atoms with Crippen LogP contribution in [0, 0.1) is 0 Å². The van der Waals surface area contributed by atoms with E-state index < -0.39 is 0 Å². The predicted octanol–water partition coefficient (Wildman–Crippen LogP) is 4.95. The molecule has 1 unspecified atom stereocenters. The van der Waals surface area contributed by atoms with Crippen molar-refractivity contribution in [2.24, 2.45) is 0 Å². The molecule has 0 aliphatic carbocycles. The number of para-hydroxylation sites is 1. The van der Waals surface area contributed by atoms with Crippen LogP contribution in [-0.2, 0) is 17.6 Å². The molecule has 0 saturated heterocycles. The molecule has 0 saturated carbocycles. The summed E-state index contributed by atoms with van der Waals surface area (Å²) >= 11 is 1.50. The molecule has 0 aliphatic rings. The van der Waals surface area contributed by atoms with Crippen molar-refractivity contribution < 1.29 is 14.3 Å². The zero-order chi connectivity index (χ0) is 19.1. The second kappa shape index (κ2) is 9.53. The zero-order valence-corrected chi connectivity index (χ0v) is 16.9. The number of hydrogen-bond acceptors (Lipinski definition) is 4. The van der Waals surface area contributed by atoms with E-state index >= 15 is 0 Å². The van der Waals surface area contributed by atoms with Gasteiger partial charge < -0.3 is 14.8 Å². The van der Waals surface area contributed by atoms with Crippen molar-refractivity contribution >= 4 is 23.4 Å². The topological polar surface area (TPSA) is 47.6 Å². The van der Waals surface area contributed by atoms with Gasteiger partial charge in [-0.05, 0) is 49.1 Å². The highest BCUT2D eigenvalue weighted by atomic mass is 32.2. The number of carbonyl (C=O) groups is 1. The number of rotatable bonds is 8. The number of aryl methyl sites for hydroxylation is 2. The first kappa shape index (κ1) is 20.2. The summed E-state index contributed by atoms with van der Waals surface area (Å²) in [7, 11) is 3.22. The lowest BCUT2D eigenvalue weighted by Crippen LogP contribution is -2.23. The first-order chi connectivity index (χ1) is 12.5. The fraction of sp³-hybridized carbons (Fsp3) is 0.381. The van der Waals surface area contributed by atoms with Gasteiger partial charge in [-0.25, -0.2) is 0 Å². The number of anilines is 1. The van der Waals surface area contributed by atoms with Crippen LogP contribution in [0.2, 0.25) is 0 Å². The van der Waals surface area contributed by atoms with E-state index in [-0.39, 0.29) is 11.2 Å². The fourth-order valence-corrected chi connectivity index (χ4v) is 3.67. The van der Waals surface area contributed by atoms with E-state index in [1.807, 2.05) is 25.1 Å². The van der Waals surface area contributed by atoms with Crippen LogP contribution in [0.5, 0.6) is 11.5 Å². The molecule has 2 rings (SSSR count). The molecule has 0 radical (unpaired) electrons. The van der Waals surface area contributed by atoms with E-state index in [0.717, 1.165) is 23.4 Å². The van der Waals surface area contributed by atoms with Gasteiger partial charge in [0, 0.05) is 10.6 Å². The lowest BCUT2D eigenvalue weighted by molar-refractivity contribution is -0.115. The molecule has 4 nitrogen and oxygen atoms in total. The summed E-state index contributed by atoms with van der Waals surface area (Å²) in [6.07, 6.45) is 1.78. The molecule has 0 aliphatic heterocycles. The molecule has 1 amide bonds. The van der Waals surface area contributed by atoms with Crippen LogP contribution in [0.1, 0.15) is 31.9 Å². The Bertz CT molecular complexity index is 739. The van der Waals surface area contributed by atoms with Crippen molar-refractivity contribution in [1.82, 2.24) is 0 Å². The van der Waals surface area contributed by atoms with Crippen LogP contribution in [0.25, 0.3) is 0 Å². The van der Waals surface area contributed by atoms with Crippen LogP contribution >= 0.6 is 11.8 Å². The lowest BCUT2D eigenvalue weighted by atomic mass is 10.0. The normalized spacial score (nSPS) is 11.7.